The van der Waals surface area contributed by atoms with E-state index in [4.69, 9.17) is 23.2 Å². The molecular weight excluding hydrogens is 331 g/mol. The predicted octanol–water partition coefficient (Wildman–Crippen LogP) is 4.56. The van der Waals surface area contributed by atoms with Gasteiger partial charge in [-0.25, -0.2) is 0 Å². The number of nitrogens with one attached hydrogen (secondary N) is 1. The van der Waals surface area contributed by atoms with Crippen LogP contribution in [0.3, 0.4) is 0 Å². The normalized spacial score (nSPS) is 13.9. The maximum atomic E-state index is 12.2. The van der Waals surface area contributed by atoms with Gasteiger partial charge >= 0.3 is 0 Å². The van der Waals surface area contributed by atoms with Crippen LogP contribution in [-0.4, -0.2) is 17.4 Å². The van der Waals surface area contributed by atoms with Crippen molar-refractivity contribution in [1.29, 1.82) is 0 Å². The van der Waals surface area contributed by atoms with Crippen LogP contribution < -0.4 is 5.32 Å². The van der Waals surface area contributed by atoms with Gasteiger partial charge < -0.3 is 5.32 Å². The van der Waals surface area contributed by atoms with E-state index in [1.807, 2.05) is 0 Å². The second-order valence-corrected chi connectivity index (χ2v) is 6.84. The first-order chi connectivity index (χ1) is 10.9. The molecule has 0 radical (unpaired) electrons. The first kappa shape index (κ1) is 16.3. The van der Waals surface area contributed by atoms with Crippen molar-refractivity contribution >= 4 is 34.8 Å². The standard InChI is InChI=1S/C18H18Cl2N2O/c1-11-5-13-8-22(9-14(13)6-12(11)2)10-18(23)21-15-3-4-16(19)17(20)7-15/h3-7H,8-10H2,1-2H3,(H,21,23). The van der Waals surface area contributed by atoms with Gasteiger partial charge in [0.25, 0.3) is 0 Å². The summed E-state index contributed by atoms with van der Waals surface area (Å²) in [6, 6.07) is 9.53. The highest BCUT2D eigenvalue weighted by molar-refractivity contribution is 6.42. The average molecular weight is 349 g/mol. The highest BCUT2D eigenvalue weighted by Crippen LogP contribution is 2.27. The van der Waals surface area contributed by atoms with Crippen LogP contribution >= 0.6 is 23.2 Å². The van der Waals surface area contributed by atoms with Crippen LogP contribution in [0.2, 0.25) is 10.0 Å². The zero-order valence-corrected chi connectivity index (χ0v) is 14.6. The molecule has 0 saturated carbocycles. The first-order valence-electron chi connectivity index (χ1n) is 7.48. The summed E-state index contributed by atoms with van der Waals surface area (Å²) in [6.45, 7) is 6.22. The summed E-state index contributed by atoms with van der Waals surface area (Å²) < 4.78 is 0. The van der Waals surface area contributed by atoms with Crippen LogP contribution in [0.4, 0.5) is 5.69 Å². The van der Waals surface area contributed by atoms with Gasteiger partial charge in [-0.1, -0.05) is 35.3 Å². The Balaban J connectivity index is 1.62. The summed E-state index contributed by atoms with van der Waals surface area (Å²) >= 11 is 11.8. The maximum absolute atomic E-state index is 12.2. The summed E-state index contributed by atoms with van der Waals surface area (Å²) in [7, 11) is 0. The minimum absolute atomic E-state index is 0.0513. The monoisotopic (exact) mass is 348 g/mol. The number of fused-ring (bicyclic) bond motifs is 1. The third-order valence-electron chi connectivity index (χ3n) is 4.17. The molecule has 1 heterocycles. The van der Waals surface area contributed by atoms with Crippen molar-refractivity contribution in [3.05, 3.63) is 62.6 Å². The molecule has 0 unspecified atom stereocenters. The van der Waals surface area contributed by atoms with Gasteiger partial charge in [0.05, 0.1) is 16.6 Å². The first-order valence-corrected chi connectivity index (χ1v) is 8.24. The molecule has 5 heteroatoms. The van der Waals surface area contributed by atoms with Gasteiger partial charge in [0.15, 0.2) is 0 Å². The van der Waals surface area contributed by atoms with Crippen molar-refractivity contribution in [3.63, 3.8) is 0 Å². The Morgan fingerprint density at radius 3 is 2.22 bits per heavy atom. The summed E-state index contributed by atoms with van der Waals surface area (Å²) in [5.41, 5.74) is 5.88. The molecule has 0 bridgehead atoms. The molecule has 3 nitrogen and oxygen atoms in total. The number of aryl methyl sites for hydroxylation is 2. The van der Waals surface area contributed by atoms with E-state index in [9.17, 15) is 4.79 Å². The Morgan fingerprint density at radius 1 is 1.04 bits per heavy atom. The molecule has 3 rings (SSSR count). The van der Waals surface area contributed by atoms with Gasteiger partial charge in [0, 0.05) is 18.8 Å². The van der Waals surface area contributed by atoms with E-state index in [2.05, 4.69) is 36.2 Å². The SMILES string of the molecule is Cc1cc2c(cc1C)CN(CC(=O)Nc1ccc(Cl)c(Cl)c1)C2. The number of halogens is 2. The average Bonchev–Trinajstić information content (AvgIpc) is 2.84. The number of carbonyl (C=O) groups is 1. The largest absolute Gasteiger partial charge is 0.325 e. The molecule has 0 aliphatic carbocycles. The summed E-state index contributed by atoms with van der Waals surface area (Å²) in [5.74, 6) is -0.0513. The van der Waals surface area contributed by atoms with Crippen molar-refractivity contribution in [2.75, 3.05) is 11.9 Å². The summed E-state index contributed by atoms with van der Waals surface area (Å²) in [5, 5.41) is 3.77. The number of nitrogens with zero attached hydrogens (tertiary/aromatic N) is 1. The summed E-state index contributed by atoms with van der Waals surface area (Å²) in [4.78, 5) is 14.4. The van der Waals surface area contributed by atoms with Gasteiger partial charge in [0.2, 0.25) is 5.91 Å². The number of hydrogen-bond acceptors (Lipinski definition) is 2. The number of amides is 1. The number of anilines is 1. The number of carbonyl (C=O) groups excluding carboxylic acids is 1. The molecule has 23 heavy (non-hydrogen) atoms. The highest BCUT2D eigenvalue weighted by Gasteiger charge is 2.21. The van der Waals surface area contributed by atoms with Crippen LogP contribution in [0, 0.1) is 13.8 Å². The van der Waals surface area contributed by atoms with E-state index < -0.39 is 0 Å². The second kappa shape index (κ2) is 6.52. The Bertz CT molecular complexity index is 743. The molecule has 2 aromatic carbocycles. The Hall–Kier alpha value is -1.55. The van der Waals surface area contributed by atoms with Crippen LogP contribution in [-0.2, 0) is 17.9 Å². The highest BCUT2D eigenvalue weighted by atomic mass is 35.5. The lowest BCUT2D eigenvalue weighted by Gasteiger charge is -2.14. The molecule has 2 aromatic rings. The lowest BCUT2D eigenvalue weighted by atomic mass is 10.0. The zero-order chi connectivity index (χ0) is 16.6. The van der Waals surface area contributed by atoms with Gasteiger partial charge in [0.1, 0.15) is 0 Å². The van der Waals surface area contributed by atoms with E-state index in [0.717, 1.165) is 13.1 Å². The molecule has 120 valence electrons. The predicted molar refractivity (Wildman–Crippen MR) is 95.1 cm³/mol. The topological polar surface area (TPSA) is 32.3 Å². The third-order valence-corrected chi connectivity index (χ3v) is 4.91. The van der Waals surface area contributed by atoms with E-state index >= 15 is 0 Å². The van der Waals surface area contributed by atoms with Crippen LogP contribution in [0.1, 0.15) is 22.3 Å². The molecule has 1 amide bonds. The molecule has 0 aromatic heterocycles. The third kappa shape index (κ3) is 3.69. The van der Waals surface area contributed by atoms with Crippen molar-refractivity contribution in [2.24, 2.45) is 0 Å². The fourth-order valence-corrected chi connectivity index (χ4v) is 3.16. The minimum atomic E-state index is -0.0513. The molecule has 0 saturated heterocycles. The zero-order valence-electron chi connectivity index (χ0n) is 13.1. The minimum Gasteiger partial charge on any atom is -0.325 e. The molecule has 0 atom stereocenters. The van der Waals surface area contributed by atoms with E-state index in [-0.39, 0.29) is 5.91 Å². The quantitative estimate of drug-likeness (QED) is 0.881. The fraction of sp³-hybridized carbons (Fsp3) is 0.278. The van der Waals surface area contributed by atoms with Crippen molar-refractivity contribution in [2.45, 2.75) is 26.9 Å². The Labute approximate surface area is 146 Å². The van der Waals surface area contributed by atoms with E-state index in [0.29, 0.717) is 22.3 Å². The molecule has 1 N–H and O–H groups in total. The van der Waals surface area contributed by atoms with Gasteiger partial charge in [-0.3, -0.25) is 9.69 Å². The van der Waals surface area contributed by atoms with Crippen molar-refractivity contribution in [3.8, 4) is 0 Å². The van der Waals surface area contributed by atoms with E-state index in [1.165, 1.54) is 22.3 Å². The number of rotatable bonds is 3. The fourth-order valence-electron chi connectivity index (χ4n) is 2.86. The molecular formula is C18H18Cl2N2O. The molecule has 1 aliphatic rings. The number of benzene rings is 2. The van der Waals surface area contributed by atoms with Crippen LogP contribution in [0.15, 0.2) is 30.3 Å². The van der Waals surface area contributed by atoms with Crippen molar-refractivity contribution < 1.29 is 4.79 Å². The van der Waals surface area contributed by atoms with E-state index in [1.54, 1.807) is 18.2 Å². The second-order valence-electron chi connectivity index (χ2n) is 6.03. The molecule has 0 fully saturated rings. The summed E-state index contributed by atoms with van der Waals surface area (Å²) in [6.07, 6.45) is 0. The Morgan fingerprint density at radius 2 is 1.65 bits per heavy atom. The molecule has 1 aliphatic heterocycles. The van der Waals surface area contributed by atoms with Crippen LogP contribution in [0.5, 0.6) is 0 Å². The Kier molecular flexibility index (Phi) is 4.62. The van der Waals surface area contributed by atoms with Crippen LogP contribution in [0.25, 0.3) is 0 Å². The maximum Gasteiger partial charge on any atom is 0.238 e. The lowest BCUT2D eigenvalue weighted by molar-refractivity contribution is -0.117. The van der Waals surface area contributed by atoms with Crippen molar-refractivity contribution in [1.82, 2.24) is 4.90 Å². The lowest BCUT2D eigenvalue weighted by Crippen LogP contribution is -2.29. The van der Waals surface area contributed by atoms with Gasteiger partial charge in [-0.15, -0.1) is 0 Å². The van der Waals surface area contributed by atoms with Gasteiger partial charge in [-0.05, 0) is 54.3 Å². The smallest absolute Gasteiger partial charge is 0.238 e. The molecule has 0 spiro atoms. The number of hydrogen-bond donors (Lipinski definition) is 1. The van der Waals surface area contributed by atoms with Gasteiger partial charge in [-0.2, -0.15) is 0 Å².